The van der Waals surface area contributed by atoms with Crippen LogP contribution in [0.2, 0.25) is 0 Å². The Hall–Kier alpha value is -2.64. The third-order valence-electron chi connectivity index (χ3n) is 6.36. The Kier molecular flexibility index (Phi) is 5.55. The lowest BCUT2D eigenvalue weighted by Gasteiger charge is -2.35. The van der Waals surface area contributed by atoms with Crippen LogP contribution in [0.4, 0.5) is 5.69 Å². The Bertz CT molecular complexity index is 968. The van der Waals surface area contributed by atoms with E-state index in [4.69, 9.17) is 9.47 Å². The number of benzene rings is 1. The van der Waals surface area contributed by atoms with Gasteiger partial charge in [0.05, 0.1) is 30.0 Å². The Labute approximate surface area is 176 Å². The smallest absolute Gasteiger partial charge is 0.242 e. The summed E-state index contributed by atoms with van der Waals surface area (Å²) in [5, 5.41) is 11.7. The molecule has 0 bridgehead atoms. The zero-order valence-electron chi connectivity index (χ0n) is 17.4. The van der Waals surface area contributed by atoms with Gasteiger partial charge < -0.3 is 19.7 Å². The van der Waals surface area contributed by atoms with E-state index in [9.17, 15) is 0 Å². The summed E-state index contributed by atoms with van der Waals surface area (Å²) in [6.45, 7) is 2.68. The van der Waals surface area contributed by atoms with Crippen molar-refractivity contribution in [3.05, 3.63) is 48.2 Å². The van der Waals surface area contributed by atoms with Crippen LogP contribution in [-0.2, 0) is 11.3 Å². The zero-order valence-corrected chi connectivity index (χ0v) is 17.4. The van der Waals surface area contributed by atoms with Gasteiger partial charge in [-0.15, -0.1) is 5.10 Å². The maximum Gasteiger partial charge on any atom is 0.242 e. The van der Waals surface area contributed by atoms with E-state index in [-0.39, 0.29) is 12.2 Å². The van der Waals surface area contributed by atoms with Gasteiger partial charge >= 0.3 is 0 Å². The molecular weight excluding hydrogens is 378 g/mol. The van der Waals surface area contributed by atoms with Crippen LogP contribution in [0, 0.1) is 0 Å². The molecule has 1 aromatic carbocycles. The zero-order chi connectivity index (χ0) is 20.3. The topological polar surface area (TPSA) is 75.3 Å². The number of nitrogens with one attached hydrogen (secondary N) is 2. The predicted octanol–water partition coefficient (Wildman–Crippen LogP) is 3.27. The van der Waals surface area contributed by atoms with Crippen LogP contribution in [0.15, 0.2) is 42.6 Å². The normalized spacial score (nSPS) is 22.2. The number of hydrogen-bond donors (Lipinski definition) is 2. The van der Waals surface area contributed by atoms with Crippen LogP contribution in [0.5, 0.6) is 5.88 Å². The van der Waals surface area contributed by atoms with Gasteiger partial charge in [0.25, 0.3) is 0 Å². The quantitative estimate of drug-likeness (QED) is 0.626. The SMILES string of the molecule is CNC1CCN(c2cnc3[nH]nc(O[C@@H]4CC[C@H]4OCc4ccccc4)c3c2)CC1. The van der Waals surface area contributed by atoms with Crippen LogP contribution in [0.1, 0.15) is 31.2 Å². The van der Waals surface area contributed by atoms with Crippen molar-refractivity contribution >= 4 is 16.7 Å². The van der Waals surface area contributed by atoms with Gasteiger partial charge in [-0.05, 0) is 44.4 Å². The van der Waals surface area contributed by atoms with E-state index in [0.29, 0.717) is 18.5 Å². The van der Waals surface area contributed by atoms with Gasteiger partial charge in [-0.2, -0.15) is 0 Å². The lowest BCUT2D eigenvalue weighted by Crippen LogP contribution is -2.43. The molecule has 1 saturated carbocycles. The monoisotopic (exact) mass is 407 g/mol. The van der Waals surface area contributed by atoms with Crippen molar-refractivity contribution in [1.82, 2.24) is 20.5 Å². The highest BCUT2D eigenvalue weighted by Crippen LogP contribution is 2.33. The van der Waals surface area contributed by atoms with Gasteiger partial charge in [0.1, 0.15) is 6.10 Å². The number of anilines is 1. The van der Waals surface area contributed by atoms with Gasteiger partial charge in [-0.25, -0.2) is 4.98 Å². The van der Waals surface area contributed by atoms with Crippen molar-refractivity contribution < 1.29 is 9.47 Å². The van der Waals surface area contributed by atoms with E-state index in [2.05, 4.69) is 43.6 Å². The molecule has 7 nitrogen and oxygen atoms in total. The first kappa shape index (κ1) is 19.3. The Morgan fingerprint density at radius 2 is 1.90 bits per heavy atom. The molecule has 1 aliphatic carbocycles. The number of fused-ring (bicyclic) bond motifs is 1. The van der Waals surface area contributed by atoms with E-state index < -0.39 is 0 Å². The molecule has 7 heteroatoms. The largest absolute Gasteiger partial charge is 0.470 e. The first-order valence-corrected chi connectivity index (χ1v) is 10.9. The van der Waals surface area contributed by atoms with Crippen molar-refractivity contribution in [2.45, 2.75) is 50.5 Å². The predicted molar refractivity (Wildman–Crippen MR) is 117 cm³/mol. The first-order chi connectivity index (χ1) is 14.8. The molecule has 3 aromatic rings. The summed E-state index contributed by atoms with van der Waals surface area (Å²) in [6, 6.07) is 13.0. The van der Waals surface area contributed by atoms with Crippen LogP contribution in [-0.4, -0.2) is 53.6 Å². The fourth-order valence-electron chi connectivity index (χ4n) is 4.24. The van der Waals surface area contributed by atoms with Crippen molar-refractivity contribution in [1.29, 1.82) is 0 Å². The lowest BCUT2D eigenvalue weighted by atomic mass is 9.91. The summed E-state index contributed by atoms with van der Waals surface area (Å²) in [4.78, 5) is 6.97. The molecule has 5 rings (SSSR count). The molecule has 1 aliphatic heterocycles. The fraction of sp³-hybridized carbons (Fsp3) is 0.478. The maximum atomic E-state index is 6.25. The Balaban J connectivity index is 1.24. The first-order valence-electron chi connectivity index (χ1n) is 10.9. The van der Waals surface area contributed by atoms with E-state index in [1.807, 2.05) is 31.4 Å². The third-order valence-corrected chi connectivity index (χ3v) is 6.36. The highest BCUT2D eigenvalue weighted by molar-refractivity contribution is 5.83. The van der Waals surface area contributed by atoms with Crippen LogP contribution in [0.25, 0.3) is 11.0 Å². The Morgan fingerprint density at radius 1 is 1.10 bits per heavy atom. The Morgan fingerprint density at radius 3 is 2.63 bits per heavy atom. The molecule has 0 radical (unpaired) electrons. The van der Waals surface area contributed by atoms with Crippen LogP contribution < -0.4 is 15.0 Å². The second-order valence-electron chi connectivity index (χ2n) is 8.24. The van der Waals surface area contributed by atoms with Crippen LogP contribution in [0.3, 0.4) is 0 Å². The molecule has 30 heavy (non-hydrogen) atoms. The minimum absolute atomic E-state index is 0.0373. The number of ether oxygens (including phenoxy) is 2. The van der Waals surface area contributed by atoms with Gasteiger partial charge in [0, 0.05) is 19.1 Å². The highest BCUT2D eigenvalue weighted by Gasteiger charge is 2.35. The average molecular weight is 408 g/mol. The number of H-pyrrole nitrogens is 1. The molecular formula is C23H29N5O2. The van der Waals surface area contributed by atoms with Crippen molar-refractivity contribution in [3.8, 4) is 5.88 Å². The van der Waals surface area contributed by atoms with E-state index in [0.717, 1.165) is 55.5 Å². The summed E-state index contributed by atoms with van der Waals surface area (Å²) >= 11 is 0. The maximum absolute atomic E-state index is 6.25. The standard InChI is InChI=1S/C23H29N5O2/c1-24-17-9-11-28(12-10-17)18-13-19-22(25-14-18)26-27-23(19)30-21-8-7-20(21)29-15-16-5-3-2-4-6-16/h2-6,13-14,17,20-21,24H,7-12,15H2,1H3,(H,25,26,27)/t20-,21-/m1/s1. The summed E-state index contributed by atoms with van der Waals surface area (Å²) in [6.07, 6.45) is 6.36. The second kappa shape index (κ2) is 8.62. The second-order valence-corrected chi connectivity index (χ2v) is 8.24. The molecule has 158 valence electrons. The molecule has 0 amide bonds. The molecule has 1 saturated heterocycles. The number of nitrogens with zero attached hydrogens (tertiary/aromatic N) is 3. The number of pyridine rings is 1. The molecule has 0 unspecified atom stereocenters. The van der Waals surface area contributed by atoms with Gasteiger partial charge in [0.2, 0.25) is 5.88 Å². The molecule has 2 atom stereocenters. The number of aromatic amines is 1. The highest BCUT2D eigenvalue weighted by atomic mass is 16.5. The molecule has 0 spiro atoms. The van der Waals surface area contributed by atoms with Crippen molar-refractivity contribution in [2.24, 2.45) is 0 Å². The lowest BCUT2D eigenvalue weighted by molar-refractivity contribution is -0.0922. The third kappa shape index (κ3) is 4.00. The number of rotatable bonds is 7. The van der Waals surface area contributed by atoms with Crippen molar-refractivity contribution in [3.63, 3.8) is 0 Å². The van der Waals surface area contributed by atoms with Crippen molar-refractivity contribution in [2.75, 3.05) is 25.0 Å². The molecule has 2 N–H and O–H groups in total. The van der Waals surface area contributed by atoms with Gasteiger partial charge in [0.15, 0.2) is 5.65 Å². The molecule has 2 aliphatic rings. The summed E-state index contributed by atoms with van der Waals surface area (Å²) in [5.74, 6) is 0.627. The van der Waals surface area contributed by atoms with Gasteiger partial charge in [-0.3, -0.25) is 5.10 Å². The molecule has 2 aromatic heterocycles. The van der Waals surface area contributed by atoms with Gasteiger partial charge in [-0.1, -0.05) is 30.3 Å². The number of hydrogen-bond acceptors (Lipinski definition) is 6. The molecule has 3 heterocycles. The number of aromatic nitrogens is 3. The fourth-order valence-corrected chi connectivity index (χ4v) is 4.24. The minimum Gasteiger partial charge on any atom is -0.470 e. The summed E-state index contributed by atoms with van der Waals surface area (Å²) in [5.41, 5.74) is 3.08. The summed E-state index contributed by atoms with van der Waals surface area (Å²) < 4.78 is 12.3. The number of piperidine rings is 1. The average Bonchev–Trinajstić information content (AvgIpc) is 3.19. The summed E-state index contributed by atoms with van der Waals surface area (Å²) in [7, 11) is 2.04. The minimum atomic E-state index is 0.0373. The molecule has 2 fully saturated rings. The van der Waals surface area contributed by atoms with E-state index >= 15 is 0 Å². The van der Waals surface area contributed by atoms with Crippen LogP contribution >= 0.6 is 0 Å². The van der Waals surface area contributed by atoms with E-state index in [1.165, 1.54) is 5.56 Å². The van der Waals surface area contributed by atoms with E-state index in [1.54, 1.807) is 0 Å².